The molecule has 1 fully saturated rings. The monoisotopic (exact) mass is 584 g/mol. The van der Waals surface area contributed by atoms with Crippen molar-refractivity contribution in [1.29, 1.82) is 0 Å². The van der Waals surface area contributed by atoms with E-state index in [1.54, 1.807) is 0 Å². The van der Waals surface area contributed by atoms with Gasteiger partial charge >= 0.3 is 0 Å². The van der Waals surface area contributed by atoms with Crippen LogP contribution in [0.15, 0.2) is 36.5 Å². The van der Waals surface area contributed by atoms with E-state index in [9.17, 15) is 4.79 Å². The Morgan fingerprint density at radius 3 is 1.90 bits per heavy atom. The van der Waals surface area contributed by atoms with Gasteiger partial charge in [0.15, 0.2) is 6.67 Å². The predicted octanol–water partition coefficient (Wildman–Crippen LogP) is 10.5. The number of hydrogen-bond acceptors (Lipinski definition) is 2. The third-order valence-corrected chi connectivity index (χ3v) is 8.94. The van der Waals surface area contributed by atoms with Gasteiger partial charge in [-0.15, -0.1) is 0 Å². The molecule has 1 amide bonds. The maximum atomic E-state index is 13.0. The molecule has 0 radical (unpaired) electrons. The van der Waals surface area contributed by atoms with Crippen LogP contribution in [-0.2, 0) is 9.53 Å². The fourth-order valence-corrected chi connectivity index (χ4v) is 6.13. The molecule has 240 valence electrons. The van der Waals surface area contributed by atoms with E-state index in [0.717, 1.165) is 63.1 Å². The van der Waals surface area contributed by atoms with Crippen molar-refractivity contribution in [1.82, 2.24) is 4.90 Å². The molecule has 1 heterocycles. The highest BCUT2D eigenvalue weighted by Gasteiger charge is 2.26. The number of rotatable bonds is 24. The third-order valence-electron chi connectivity index (χ3n) is 8.94. The zero-order valence-electron chi connectivity index (χ0n) is 27.8. The Balaban J connectivity index is 1.58. The Labute approximate surface area is 260 Å². The Bertz CT molecular complexity index is 796. The summed E-state index contributed by atoms with van der Waals surface area (Å²) in [5.41, 5.74) is 1.22. The van der Waals surface area contributed by atoms with E-state index in [2.05, 4.69) is 61.5 Å². The maximum absolute atomic E-state index is 13.0. The molecule has 1 unspecified atom stereocenters. The smallest absolute Gasteiger partial charge is 0.226 e. The standard InChI is InChI=1S/C38H67N2O2/c1-3-4-5-6-7-8-9-10-11-12-13-14-18-25-34-42-35-26-24-32-40(2,33-30-37-27-20-19-21-28-37)36-39-31-23-17-15-16-22-29-38(39)41/h19-21,27-28,30,33H,3-18,22-26,29,31-32,34-36H2,1-2H3/q+1. The van der Waals surface area contributed by atoms with Crippen LogP contribution in [0.3, 0.4) is 0 Å². The highest BCUT2D eigenvalue weighted by molar-refractivity contribution is 5.76. The molecule has 0 aliphatic carbocycles. The van der Waals surface area contributed by atoms with Crippen molar-refractivity contribution in [3.05, 3.63) is 42.1 Å². The first kappa shape index (κ1) is 36.5. The molecule has 42 heavy (non-hydrogen) atoms. The zero-order valence-corrected chi connectivity index (χ0v) is 27.8. The quantitative estimate of drug-likeness (QED) is 0.0895. The van der Waals surface area contributed by atoms with E-state index >= 15 is 0 Å². The van der Waals surface area contributed by atoms with Crippen molar-refractivity contribution in [2.75, 3.05) is 40.0 Å². The molecular weight excluding hydrogens is 516 g/mol. The molecule has 0 spiro atoms. The lowest BCUT2D eigenvalue weighted by Crippen LogP contribution is -2.50. The van der Waals surface area contributed by atoms with Crippen molar-refractivity contribution in [3.63, 3.8) is 0 Å². The summed E-state index contributed by atoms with van der Waals surface area (Å²) >= 11 is 0. The second-order valence-corrected chi connectivity index (χ2v) is 13.2. The number of carbonyl (C=O) groups is 1. The Morgan fingerprint density at radius 2 is 1.26 bits per heavy atom. The summed E-state index contributed by atoms with van der Waals surface area (Å²) in [4.78, 5) is 15.1. The van der Waals surface area contributed by atoms with Gasteiger partial charge in [-0.3, -0.25) is 14.2 Å². The summed E-state index contributed by atoms with van der Waals surface area (Å²) in [6, 6.07) is 10.5. The average molecular weight is 584 g/mol. The zero-order chi connectivity index (χ0) is 30.0. The van der Waals surface area contributed by atoms with Gasteiger partial charge in [-0.2, -0.15) is 0 Å². The van der Waals surface area contributed by atoms with Crippen LogP contribution in [-0.4, -0.2) is 55.3 Å². The van der Waals surface area contributed by atoms with Gasteiger partial charge in [-0.05, 0) is 43.7 Å². The average Bonchev–Trinajstić information content (AvgIpc) is 3.10. The van der Waals surface area contributed by atoms with Crippen LogP contribution in [0.25, 0.3) is 6.08 Å². The van der Waals surface area contributed by atoms with E-state index in [1.165, 1.54) is 115 Å². The molecule has 0 saturated carbocycles. The molecule has 1 saturated heterocycles. The van der Waals surface area contributed by atoms with Gasteiger partial charge in [0.2, 0.25) is 5.91 Å². The second kappa shape index (κ2) is 24.8. The normalized spacial score (nSPS) is 16.3. The number of nitrogens with zero attached hydrogens (tertiary/aromatic N) is 2. The number of ether oxygens (including phenoxy) is 1. The van der Waals surface area contributed by atoms with Crippen molar-refractivity contribution in [2.24, 2.45) is 0 Å². The van der Waals surface area contributed by atoms with Gasteiger partial charge in [-0.1, -0.05) is 140 Å². The first-order valence-corrected chi connectivity index (χ1v) is 18.1. The molecule has 2 rings (SSSR count). The summed E-state index contributed by atoms with van der Waals surface area (Å²) < 4.78 is 6.77. The van der Waals surface area contributed by atoms with Crippen LogP contribution in [0, 0.1) is 0 Å². The first-order valence-electron chi connectivity index (χ1n) is 18.1. The first-order chi connectivity index (χ1) is 20.6. The number of unbranched alkanes of at least 4 members (excludes halogenated alkanes) is 14. The van der Waals surface area contributed by atoms with Gasteiger partial charge in [0.25, 0.3) is 0 Å². The minimum atomic E-state index is 0.339. The largest absolute Gasteiger partial charge is 0.381 e. The molecule has 1 aliphatic heterocycles. The summed E-state index contributed by atoms with van der Waals surface area (Å²) in [5.74, 6) is 0.339. The molecule has 4 heteroatoms. The summed E-state index contributed by atoms with van der Waals surface area (Å²) in [7, 11) is 2.29. The number of amides is 1. The van der Waals surface area contributed by atoms with Crippen LogP contribution in [0.4, 0.5) is 0 Å². The van der Waals surface area contributed by atoms with E-state index < -0.39 is 0 Å². The minimum absolute atomic E-state index is 0.339. The molecule has 0 aromatic heterocycles. The predicted molar refractivity (Wildman–Crippen MR) is 181 cm³/mol. The van der Waals surface area contributed by atoms with Gasteiger partial charge in [0.05, 0.1) is 19.8 Å². The van der Waals surface area contributed by atoms with Crippen LogP contribution < -0.4 is 0 Å². The van der Waals surface area contributed by atoms with Crippen LogP contribution in [0.2, 0.25) is 0 Å². The van der Waals surface area contributed by atoms with Crippen molar-refractivity contribution < 1.29 is 14.0 Å². The van der Waals surface area contributed by atoms with Crippen molar-refractivity contribution in [3.8, 4) is 0 Å². The van der Waals surface area contributed by atoms with Crippen LogP contribution in [0.1, 0.15) is 154 Å². The topological polar surface area (TPSA) is 29.5 Å². The van der Waals surface area contributed by atoms with Crippen molar-refractivity contribution >= 4 is 12.0 Å². The Kier molecular flexibility index (Phi) is 21.5. The lowest BCUT2D eigenvalue weighted by atomic mass is 10.0. The molecule has 1 aliphatic rings. The molecule has 0 bridgehead atoms. The third kappa shape index (κ3) is 18.8. The summed E-state index contributed by atoms with van der Waals surface area (Å²) in [6.45, 7) is 6.73. The van der Waals surface area contributed by atoms with Gasteiger partial charge < -0.3 is 4.74 Å². The number of hydrogen-bond donors (Lipinski definition) is 0. The SMILES string of the molecule is CCCCCCCCCCCCCCCCOCCCC[N+](C)(C=Cc1ccccc1)CN1CCCCCCCC1=O. The highest BCUT2D eigenvalue weighted by Crippen LogP contribution is 2.18. The lowest BCUT2D eigenvalue weighted by Gasteiger charge is -2.36. The van der Waals surface area contributed by atoms with E-state index in [4.69, 9.17) is 4.74 Å². The molecule has 1 atom stereocenters. The van der Waals surface area contributed by atoms with Crippen molar-refractivity contribution in [2.45, 2.75) is 148 Å². The number of benzene rings is 1. The van der Waals surface area contributed by atoms with Gasteiger partial charge in [0.1, 0.15) is 0 Å². The van der Waals surface area contributed by atoms with Crippen LogP contribution in [0.5, 0.6) is 0 Å². The summed E-state index contributed by atoms with van der Waals surface area (Å²) in [6.07, 6.45) is 32.8. The lowest BCUT2D eigenvalue weighted by molar-refractivity contribution is -0.868. The molecular formula is C38H67N2O2+. The summed E-state index contributed by atoms with van der Waals surface area (Å²) in [5, 5.41) is 0. The number of carbonyl (C=O) groups excluding carboxylic acids is 1. The fourth-order valence-electron chi connectivity index (χ4n) is 6.13. The molecule has 0 N–H and O–H groups in total. The minimum Gasteiger partial charge on any atom is -0.381 e. The van der Waals surface area contributed by atoms with E-state index in [1.807, 2.05) is 0 Å². The Morgan fingerprint density at radius 1 is 0.714 bits per heavy atom. The molecule has 4 nitrogen and oxygen atoms in total. The Hall–Kier alpha value is -1.65. The van der Waals surface area contributed by atoms with E-state index in [0.29, 0.717) is 12.3 Å². The van der Waals surface area contributed by atoms with Crippen LogP contribution >= 0.6 is 0 Å². The maximum Gasteiger partial charge on any atom is 0.226 e. The van der Waals surface area contributed by atoms with E-state index in [-0.39, 0.29) is 0 Å². The second-order valence-electron chi connectivity index (χ2n) is 13.2. The van der Waals surface area contributed by atoms with Gasteiger partial charge in [-0.25, -0.2) is 0 Å². The fraction of sp³-hybridized carbons (Fsp3) is 0.763. The van der Waals surface area contributed by atoms with Gasteiger partial charge in [0, 0.05) is 26.2 Å². The highest BCUT2D eigenvalue weighted by atomic mass is 16.5. The number of quaternary nitrogens is 1. The molecule has 1 aromatic rings. The molecule has 1 aromatic carbocycles.